The van der Waals surface area contributed by atoms with Crippen molar-refractivity contribution in [2.75, 3.05) is 4.90 Å². The van der Waals surface area contributed by atoms with Gasteiger partial charge >= 0.3 is 0 Å². The summed E-state index contributed by atoms with van der Waals surface area (Å²) in [5, 5.41) is 2.59. The van der Waals surface area contributed by atoms with Crippen LogP contribution in [0.25, 0.3) is 98.1 Å². The first-order valence-electron chi connectivity index (χ1n) is 19.3. The molecule has 0 radical (unpaired) electrons. The third-order valence-corrected chi connectivity index (χ3v) is 13.0. The SMILES string of the molecule is c1ccc(-c2ccccc2N(c2ccc(-c3ccc4c(c3)-c3c5cccc3-c3cccc-4c3-c3ccccc3-5)cc2)c2cccc3c2sc2ccccc23)cc1. The van der Waals surface area contributed by atoms with Crippen molar-refractivity contribution in [1.29, 1.82) is 0 Å². The maximum Gasteiger partial charge on any atom is 0.0640 e. The Morgan fingerprint density at radius 3 is 1.62 bits per heavy atom. The molecule has 9 aromatic carbocycles. The van der Waals surface area contributed by atoms with Gasteiger partial charge in [-0.15, -0.1) is 11.3 Å². The lowest BCUT2D eigenvalue weighted by Crippen LogP contribution is -2.11. The van der Waals surface area contributed by atoms with Crippen LogP contribution in [-0.4, -0.2) is 0 Å². The summed E-state index contributed by atoms with van der Waals surface area (Å²) < 4.78 is 2.59. The molecule has 1 aromatic heterocycles. The third-order valence-electron chi connectivity index (χ3n) is 11.8. The molecular weight excluding hydrogens is 695 g/mol. The van der Waals surface area contributed by atoms with Crippen LogP contribution in [0.2, 0.25) is 0 Å². The maximum absolute atomic E-state index is 2.46. The van der Waals surface area contributed by atoms with Crippen molar-refractivity contribution in [1.82, 2.24) is 0 Å². The fraction of sp³-hybridized carbons (Fsp3) is 0. The second kappa shape index (κ2) is 12.3. The topological polar surface area (TPSA) is 3.24 Å². The maximum atomic E-state index is 2.46. The van der Waals surface area contributed by atoms with E-state index in [9.17, 15) is 0 Å². The van der Waals surface area contributed by atoms with E-state index in [4.69, 9.17) is 0 Å². The van der Waals surface area contributed by atoms with Crippen molar-refractivity contribution < 1.29 is 0 Å². The Balaban J connectivity index is 1.03. The van der Waals surface area contributed by atoms with Gasteiger partial charge in [0.2, 0.25) is 0 Å². The zero-order valence-electron chi connectivity index (χ0n) is 30.4. The van der Waals surface area contributed by atoms with Gasteiger partial charge in [0, 0.05) is 26.7 Å². The van der Waals surface area contributed by atoms with E-state index in [-0.39, 0.29) is 0 Å². The number of thiophene rings is 1. The van der Waals surface area contributed by atoms with Gasteiger partial charge in [0.1, 0.15) is 0 Å². The summed E-state index contributed by atoms with van der Waals surface area (Å²) in [6, 6.07) is 74.0. The van der Waals surface area contributed by atoms with Gasteiger partial charge in [-0.3, -0.25) is 0 Å². The molecule has 2 heteroatoms. The zero-order valence-corrected chi connectivity index (χ0v) is 31.2. The largest absolute Gasteiger partial charge is 0.308 e. The predicted molar refractivity (Wildman–Crippen MR) is 239 cm³/mol. The van der Waals surface area contributed by atoms with Gasteiger partial charge in [-0.25, -0.2) is 0 Å². The minimum atomic E-state index is 1.12. The van der Waals surface area contributed by atoms with Crippen molar-refractivity contribution in [2.24, 2.45) is 0 Å². The van der Waals surface area contributed by atoms with E-state index >= 15 is 0 Å². The van der Waals surface area contributed by atoms with Gasteiger partial charge < -0.3 is 4.90 Å². The third kappa shape index (κ3) is 4.60. The Hall–Kier alpha value is -7.00. The molecule has 0 N–H and O–H groups in total. The minimum Gasteiger partial charge on any atom is -0.308 e. The van der Waals surface area contributed by atoms with Crippen LogP contribution in [0.5, 0.6) is 0 Å². The molecule has 6 bridgehead atoms. The number of para-hydroxylation sites is 1. The van der Waals surface area contributed by atoms with Crippen LogP contribution in [0.1, 0.15) is 0 Å². The standard InChI is InChI=1S/C54H33NS/c1-2-13-35(14-3-1)38-15-6-8-24-49(38)55(50-25-12-23-47-41-17-7-9-26-51(41)56-54(47)50)37-30-27-34(28-31-37)36-29-32-40-44-20-11-21-45-46-22-10-19-43(53(46)48(40)33-36)39-16-4-5-18-42(39)52(44)45/h1-33H. The van der Waals surface area contributed by atoms with Gasteiger partial charge in [-0.1, -0.05) is 164 Å². The average molecular weight is 728 g/mol. The smallest absolute Gasteiger partial charge is 0.0640 e. The Morgan fingerprint density at radius 1 is 0.304 bits per heavy atom. The summed E-state index contributed by atoms with van der Waals surface area (Å²) in [6.07, 6.45) is 0. The molecule has 0 saturated carbocycles. The minimum absolute atomic E-state index is 1.12. The summed E-state index contributed by atoms with van der Waals surface area (Å²) in [5.41, 5.74) is 21.4. The van der Waals surface area contributed by atoms with Crippen LogP contribution in [0.3, 0.4) is 0 Å². The van der Waals surface area contributed by atoms with E-state index in [1.54, 1.807) is 0 Å². The molecule has 12 rings (SSSR count). The Kier molecular flexibility index (Phi) is 6.87. The second-order valence-electron chi connectivity index (χ2n) is 14.8. The van der Waals surface area contributed by atoms with Crippen molar-refractivity contribution >= 4 is 48.6 Å². The zero-order chi connectivity index (χ0) is 36.7. The Labute approximate surface area is 330 Å². The highest BCUT2D eigenvalue weighted by molar-refractivity contribution is 7.26. The fourth-order valence-corrected chi connectivity index (χ4v) is 10.5. The number of hydrogen-bond donors (Lipinski definition) is 0. The van der Waals surface area contributed by atoms with Gasteiger partial charge in [-0.2, -0.15) is 0 Å². The summed E-state index contributed by atoms with van der Waals surface area (Å²) in [7, 11) is 0. The molecule has 0 spiro atoms. The van der Waals surface area contributed by atoms with Crippen LogP contribution < -0.4 is 4.90 Å². The van der Waals surface area contributed by atoms with E-state index in [2.05, 4.69) is 205 Å². The number of rotatable bonds is 5. The molecule has 0 atom stereocenters. The number of nitrogens with zero attached hydrogens (tertiary/aromatic N) is 1. The van der Waals surface area contributed by atoms with Crippen molar-refractivity contribution in [2.45, 2.75) is 0 Å². The summed E-state index contributed by atoms with van der Waals surface area (Å²) in [4.78, 5) is 2.46. The molecule has 1 nitrogen and oxygen atoms in total. The van der Waals surface area contributed by atoms with Gasteiger partial charge in [0.25, 0.3) is 0 Å². The lowest BCUT2D eigenvalue weighted by atomic mass is 9.83. The second-order valence-corrected chi connectivity index (χ2v) is 15.8. The molecule has 2 aliphatic rings. The molecule has 0 amide bonds. The van der Waals surface area contributed by atoms with Crippen LogP contribution in [0.15, 0.2) is 200 Å². The lowest BCUT2D eigenvalue weighted by Gasteiger charge is -2.28. The van der Waals surface area contributed by atoms with E-state index < -0.39 is 0 Å². The first kappa shape index (κ1) is 31.4. The van der Waals surface area contributed by atoms with Crippen molar-refractivity contribution in [3.8, 4) is 77.9 Å². The first-order valence-corrected chi connectivity index (χ1v) is 20.1. The summed E-state index contributed by atoms with van der Waals surface area (Å²) >= 11 is 1.87. The highest BCUT2D eigenvalue weighted by atomic mass is 32.1. The highest BCUT2D eigenvalue weighted by Crippen LogP contribution is 2.57. The molecule has 0 fully saturated rings. The first-order chi connectivity index (χ1) is 27.8. The van der Waals surface area contributed by atoms with Crippen LogP contribution in [0.4, 0.5) is 17.1 Å². The molecule has 0 saturated heterocycles. The monoisotopic (exact) mass is 727 g/mol. The molecule has 10 aromatic rings. The average Bonchev–Trinajstić information content (AvgIpc) is 3.61. The van der Waals surface area contributed by atoms with Gasteiger partial charge in [-0.05, 0) is 109 Å². The molecule has 0 aliphatic heterocycles. The molecule has 260 valence electrons. The van der Waals surface area contributed by atoms with E-state index in [1.807, 2.05) is 11.3 Å². The van der Waals surface area contributed by atoms with E-state index in [1.165, 1.54) is 104 Å². The van der Waals surface area contributed by atoms with E-state index in [0.29, 0.717) is 0 Å². The van der Waals surface area contributed by atoms with Crippen molar-refractivity contribution in [3.05, 3.63) is 200 Å². The fourth-order valence-electron chi connectivity index (χ4n) is 9.33. The number of benzene rings is 9. The predicted octanol–water partition coefficient (Wildman–Crippen LogP) is 15.8. The van der Waals surface area contributed by atoms with E-state index in [0.717, 1.165) is 11.4 Å². The lowest BCUT2D eigenvalue weighted by molar-refractivity contribution is 1.30. The van der Waals surface area contributed by atoms with Crippen molar-refractivity contribution in [3.63, 3.8) is 0 Å². The normalized spacial score (nSPS) is 11.9. The Bertz CT molecular complexity index is 3170. The highest BCUT2D eigenvalue weighted by Gasteiger charge is 2.30. The van der Waals surface area contributed by atoms with Crippen LogP contribution >= 0.6 is 11.3 Å². The number of anilines is 3. The molecular formula is C54H33NS. The summed E-state index contributed by atoms with van der Waals surface area (Å²) in [6.45, 7) is 0. The molecule has 1 heterocycles. The molecule has 56 heavy (non-hydrogen) atoms. The Morgan fingerprint density at radius 2 is 0.839 bits per heavy atom. The van der Waals surface area contributed by atoms with Gasteiger partial charge in [0.05, 0.1) is 16.1 Å². The summed E-state index contributed by atoms with van der Waals surface area (Å²) in [5.74, 6) is 0. The van der Waals surface area contributed by atoms with Crippen LogP contribution in [-0.2, 0) is 0 Å². The van der Waals surface area contributed by atoms with Crippen LogP contribution in [0, 0.1) is 0 Å². The number of fused-ring (bicyclic) bond motifs is 7. The number of hydrogen-bond acceptors (Lipinski definition) is 2. The van der Waals surface area contributed by atoms with Gasteiger partial charge in [0.15, 0.2) is 0 Å². The molecule has 2 aliphatic carbocycles. The molecule has 0 unspecified atom stereocenters. The quantitative estimate of drug-likeness (QED) is 0.171.